The number of carbonyl (C=O) groups is 2. The van der Waals surface area contributed by atoms with Gasteiger partial charge in [-0.3, -0.25) is 9.59 Å². The predicted octanol–water partition coefficient (Wildman–Crippen LogP) is 3.55. The van der Waals surface area contributed by atoms with Gasteiger partial charge in [0.05, 0.1) is 17.4 Å². The first-order valence-corrected chi connectivity index (χ1v) is 11.2. The van der Waals surface area contributed by atoms with E-state index in [1.54, 1.807) is 6.33 Å². The van der Waals surface area contributed by atoms with Crippen molar-refractivity contribution in [2.45, 2.75) is 38.1 Å². The van der Waals surface area contributed by atoms with Crippen LogP contribution in [0.25, 0.3) is 11.0 Å². The molecule has 3 atom stereocenters. The molecule has 0 radical (unpaired) electrons. The lowest BCUT2D eigenvalue weighted by Gasteiger charge is -2.38. The van der Waals surface area contributed by atoms with E-state index < -0.39 is 0 Å². The molecular weight excluding hydrogens is 388 g/mol. The summed E-state index contributed by atoms with van der Waals surface area (Å²) < 4.78 is 0. The number of fused-ring (bicyclic) bond motifs is 3. The van der Waals surface area contributed by atoms with Crippen molar-refractivity contribution >= 4 is 22.8 Å². The molecule has 6 heteroatoms. The van der Waals surface area contributed by atoms with Gasteiger partial charge in [0.2, 0.25) is 5.91 Å². The van der Waals surface area contributed by atoms with Crippen LogP contribution < -0.4 is 5.32 Å². The van der Waals surface area contributed by atoms with Gasteiger partial charge >= 0.3 is 0 Å². The number of imidazole rings is 1. The van der Waals surface area contributed by atoms with Crippen LogP contribution in [0.15, 0.2) is 54.9 Å². The van der Waals surface area contributed by atoms with Gasteiger partial charge in [0.25, 0.3) is 5.91 Å². The molecule has 2 bridgehead atoms. The van der Waals surface area contributed by atoms with Crippen molar-refractivity contribution in [2.24, 2.45) is 11.8 Å². The standard InChI is InChI=1S/C25H28N4O2/c30-23(8-4-7-17-5-2-1-3-6-17)28-24-19-9-10-20(24)15-29(14-19)25(31)18-11-12-21-22(13-18)27-16-26-21/h1-3,5-6,11-13,16,19-20,24H,4,7-10,14-15H2,(H,26,27)(H,28,30)/t19-,20+,24?. The predicted molar refractivity (Wildman–Crippen MR) is 120 cm³/mol. The number of nitrogens with zero attached hydrogens (tertiary/aromatic N) is 2. The average molecular weight is 417 g/mol. The number of piperidine rings is 1. The van der Waals surface area contributed by atoms with E-state index in [0.29, 0.717) is 36.9 Å². The van der Waals surface area contributed by atoms with Gasteiger partial charge in [-0.1, -0.05) is 30.3 Å². The second-order valence-corrected chi connectivity index (χ2v) is 8.87. The Bertz CT molecular complexity index is 1060. The van der Waals surface area contributed by atoms with Gasteiger partial charge in [0, 0.05) is 31.1 Å². The van der Waals surface area contributed by atoms with Crippen LogP contribution in [0, 0.1) is 11.8 Å². The Hall–Kier alpha value is -3.15. The summed E-state index contributed by atoms with van der Waals surface area (Å²) in [5.74, 6) is 0.900. The van der Waals surface area contributed by atoms with Crippen LogP contribution in [0.4, 0.5) is 0 Å². The molecule has 3 aromatic rings. The average Bonchev–Trinajstić information content (AvgIpc) is 3.34. The maximum Gasteiger partial charge on any atom is 0.253 e. The molecule has 1 saturated heterocycles. The van der Waals surface area contributed by atoms with Gasteiger partial charge in [0.15, 0.2) is 0 Å². The molecule has 2 fully saturated rings. The van der Waals surface area contributed by atoms with E-state index in [4.69, 9.17) is 0 Å². The number of benzene rings is 2. The smallest absolute Gasteiger partial charge is 0.253 e. The number of rotatable bonds is 6. The highest BCUT2D eigenvalue weighted by Crippen LogP contribution is 2.37. The number of hydrogen-bond donors (Lipinski definition) is 2. The van der Waals surface area contributed by atoms with Crippen LogP contribution in [-0.4, -0.2) is 45.8 Å². The van der Waals surface area contributed by atoms with Gasteiger partial charge in [-0.2, -0.15) is 0 Å². The van der Waals surface area contributed by atoms with E-state index in [2.05, 4.69) is 27.4 Å². The van der Waals surface area contributed by atoms with Crippen LogP contribution in [0.1, 0.15) is 41.6 Å². The van der Waals surface area contributed by atoms with Crippen molar-refractivity contribution in [3.8, 4) is 0 Å². The van der Waals surface area contributed by atoms with Crippen LogP contribution >= 0.6 is 0 Å². The molecule has 2 aliphatic rings. The molecule has 1 aliphatic heterocycles. The van der Waals surface area contributed by atoms with Gasteiger partial charge in [-0.25, -0.2) is 4.98 Å². The fourth-order valence-electron chi connectivity index (χ4n) is 5.23. The Morgan fingerprint density at radius 1 is 1.06 bits per heavy atom. The van der Waals surface area contributed by atoms with Gasteiger partial charge in [-0.05, 0) is 61.3 Å². The molecule has 1 saturated carbocycles. The summed E-state index contributed by atoms with van der Waals surface area (Å²) in [4.78, 5) is 34.9. The zero-order valence-electron chi connectivity index (χ0n) is 17.6. The number of hydrogen-bond acceptors (Lipinski definition) is 3. The Labute approximate surface area is 182 Å². The van der Waals surface area contributed by atoms with Crippen molar-refractivity contribution in [3.63, 3.8) is 0 Å². The van der Waals surface area contributed by atoms with Gasteiger partial charge in [0.1, 0.15) is 0 Å². The molecule has 5 rings (SSSR count). The lowest BCUT2D eigenvalue weighted by molar-refractivity contribution is -0.122. The Kier molecular flexibility index (Phi) is 5.45. The van der Waals surface area contributed by atoms with Crippen LogP contribution in [0.2, 0.25) is 0 Å². The minimum absolute atomic E-state index is 0.0704. The molecule has 1 aromatic heterocycles. The molecule has 1 unspecified atom stereocenters. The quantitative estimate of drug-likeness (QED) is 0.645. The van der Waals surface area contributed by atoms with E-state index in [-0.39, 0.29) is 17.9 Å². The van der Waals surface area contributed by atoms with Crippen molar-refractivity contribution < 1.29 is 9.59 Å². The van der Waals surface area contributed by atoms with E-state index >= 15 is 0 Å². The number of aryl methyl sites for hydroxylation is 1. The second-order valence-electron chi connectivity index (χ2n) is 8.87. The van der Waals surface area contributed by atoms with Crippen LogP contribution in [-0.2, 0) is 11.2 Å². The number of carbonyl (C=O) groups excluding carboxylic acids is 2. The summed E-state index contributed by atoms with van der Waals surface area (Å²) in [5, 5.41) is 3.30. The summed E-state index contributed by atoms with van der Waals surface area (Å²) in [6, 6.07) is 16.1. The zero-order valence-corrected chi connectivity index (χ0v) is 17.6. The SMILES string of the molecule is O=C(CCCc1ccccc1)NC1[C@@H]2CC[C@H]1CN(C(=O)c1ccc3nc[nH]c3c1)C2. The summed E-state index contributed by atoms with van der Waals surface area (Å²) in [5.41, 5.74) is 3.71. The maximum atomic E-state index is 13.1. The lowest BCUT2D eigenvalue weighted by atomic mass is 9.91. The first-order chi connectivity index (χ1) is 15.2. The summed E-state index contributed by atoms with van der Waals surface area (Å²) >= 11 is 0. The number of aromatic nitrogens is 2. The summed E-state index contributed by atoms with van der Waals surface area (Å²) in [7, 11) is 0. The molecule has 2 amide bonds. The Morgan fingerprint density at radius 2 is 1.84 bits per heavy atom. The minimum Gasteiger partial charge on any atom is -0.353 e. The lowest BCUT2D eigenvalue weighted by Crippen LogP contribution is -2.53. The summed E-state index contributed by atoms with van der Waals surface area (Å²) in [6.07, 6.45) is 6.13. The first-order valence-electron chi connectivity index (χ1n) is 11.2. The molecule has 6 nitrogen and oxygen atoms in total. The molecule has 160 valence electrons. The van der Waals surface area contributed by atoms with Crippen molar-refractivity contribution in [3.05, 3.63) is 66.0 Å². The van der Waals surface area contributed by atoms with E-state index in [1.165, 1.54) is 5.56 Å². The molecule has 2 N–H and O–H groups in total. The molecule has 2 aromatic carbocycles. The van der Waals surface area contributed by atoms with Crippen molar-refractivity contribution in [1.82, 2.24) is 20.2 Å². The largest absolute Gasteiger partial charge is 0.353 e. The number of H-pyrrole nitrogens is 1. The number of likely N-dealkylation sites (tertiary alicyclic amines) is 1. The van der Waals surface area contributed by atoms with Crippen molar-refractivity contribution in [1.29, 1.82) is 0 Å². The molecule has 2 heterocycles. The van der Waals surface area contributed by atoms with Gasteiger partial charge < -0.3 is 15.2 Å². The van der Waals surface area contributed by atoms with E-state index in [9.17, 15) is 9.59 Å². The second kappa shape index (κ2) is 8.53. The number of amides is 2. The molecule has 1 aliphatic carbocycles. The molecule has 31 heavy (non-hydrogen) atoms. The third kappa shape index (κ3) is 4.20. The maximum absolute atomic E-state index is 13.1. The highest BCUT2D eigenvalue weighted by molar-refractivity contribution is 5.97. The number of nitrogens with one attached hydrogen (secondary N) is 2. The van der Waals surface area contributed by atoms with Crippen LogP contribution in [0.5, 0.6) is 0 Å². The topological polar surface area (TPSA) is 78.1 Å². The summed E-state index contributed by atoms with van der Waals surface area (Å²) in [6.45, 7) is 1.43. The Balaban J connectivity index is 1.16. The molecule has 0 spiro atoms. The zero-order chi connectivity index (χ0) is 21.2. The fraction of sp³-hybridized carbons (Fsp3) is 0.400. The highest BCUT2D eigenvalue weighted by atomic mass is 16.2. The Morgan fingerprint density at radius 3 is 2.61 bits per heavy atom. The van der Waals surface area contributed by atoms with Crippen LogP contribution in [0.3, 0.4) is 0 Å². The first kappa shape index (κ1) is 19.8. The minimum atomic E-state index is 0.0704. The van der Waals surface area contributed by atoms with Gasteiger partial charge in [-0.15, -0.1) is 0 Å². The highest BCUT2D eigenvalue weighted by Gasteiger charge is 2.44. The third-order valence-electron chi connectivity index (χ3n) is 6.83. The fourth-order valence-corrected chi connectivity index (χ4v) is 5.23. The third-order valence-corrected chi connectivity index (χ3v) is 6.83. The van der Waals surface area contributed by atoms with E-state index in [0.717, 1.165) is 36.7 Å². The van der Waals surface area contributed by atoms with Crippen molar-refractivity contribution in [2.75, 3.05) is 13.1 Å². The molecular formula is C25H28N4O2. The van der Waals surface area contributed by atoms with E-state index in [1.807, 2.05) is 41.3 Å². The number of aromatic amines is 1. The monoisotopic (exact) mass is 416 g/mol. The normalized spacial score (nSPS) is 22.6.